The molecule has 1 saturated heterocycles. The van der Waals surface area contributed by atoms with E-state index in [1.807, 2.05) is 0 Å². The fourth-order valence-electron chi connectivity index (χ4n) is 6.06. The number of aromatic hydroxyl groups is 9. The summed E-state index contributed by atoms with van der Waals surface area (Å²) in [5, 5.41) is 122. The van der Waals surface area contributed by atoms with Gasteiger partial charge in [0.1, 0.15) is 17.8 Å². The van der Waals surface area contributed by atoms with Gasteiger partial charge in [-0.15, -0.1) is 0 Å². The minimum Gasteiger partial charge on any atom is -0.504 e. The molecule has 5 unspecified atom stereocenters. The minimum absolute atomic E-state index is 0.273. The fraction of sp³-hybridized carbons (Fsp3) is 0.176. The third-order valence-corrected chi connectivity index (χ3v) is 8.78. The highest BCUT2D eigenvalue weighted by Gasteiger charge is 2.50. The molecule has 4 aromatic carbocycles. The number of hydrogen-bond donors (Lipinski definition) is 12. The van der Waals surface area contributed by atoms with E-state index < -0.39 is 151 Å². The minimum atomic E-state index is -2.31. The molecule has 292 valence electrons. The van der Waals surface area contributed by atoms with E-state index in [1.165, 1.54) is 0 Å². The summed E-state index contributed by atoms with van der Waals surface area (Å²) in [7, 11) is 0. The van der Waals surface area contributed by atoms with Crippen LogP contribution in [0.4, 0.5) is 0 Å². The lowest BCUT2D eigenvalue weighted by molar-refractivity contribution is -0.285. The molecule has 1 fully saturated rings. The van der Waals surface area contributed by atoms with Crippen molar-refractivity contribution in [2.24, 2.45) is 0 Å². The zero-order valence-corrected chi connectivity index (χ0v) is 27.4. The molecular weight excluding hydrogens is 760 g/mol. The van der Waals surface area contributed by atoms with Gasteiger partial charge < -0.3 is 89.1 Å². The van der Waals surface area contributed by atoms with Crippen molar-refractivity contribution in [3.05, 3.63) is 62.3 Å². The van der Waals surface area contributed by atoms with Gasteiger partial charge >= 0.3 is 23.2 Å². The van der Waals surface area contributed by atoms with Crippen molar-refractivity contribution in [2.75, 3.05) is 6.61 Å². The number of esters is 2. The number of phenols is 9. The van der Waals surface area contributed by atoms with E-state index in [9.17, 15) is 80.5 Å². The Labute approximate surface area is 306 Å². The molecule has 2 aromatic heterocycles. The molecule has 0 bridgehead atoms. The van der Waals surface area contributed by atoms with Crippen LogP contribution < -0.4 is 16.0 Å². The van der Waals surface area contributed by atoms with E-state index in [-0.39, 0.29) is 16.2 Å². The normalized spacial score (nSPS) is 19.7. The highest BCUT2D eigenvalue weighted by molar-refractivity contribution is 6.22. The Bertz CT molecular complexity index is 2710. The second kappa shape index (κ2) is 13.2. The van der Waals surface area contributed by atoms with Crippen LogP contribution >= 0.6 is 0 Å². The predicted octanol–water partition coefficient (Wildman–Crippen LogP) is 0.454. The average molecular weight is 785 g/mol. The number of carbonyl (C=O) groups is 2. The SMILES string of the molecule is O=C(OC1C(O)C(CO)OC(O)C1OC(=O)c1cc(O)c(O)c(O)c1Oc1cc2c(=O)oc3c(O)c(O)cc4c(=O)oc(c1O)c2c34)c1cc(O)c(O)c(O)c1. The first-order valence-electron chi connectivity index (χ1n) is 15.6. The lowest BCUT2D eigenvalue weighted by Gasteiger charge is -2.41. The van der Waals surface area contributed by atoms with Crippen LogP contribution in [0.5, 0.6) is 63.2 Å². The van der Waals surface area contributed by atoms with Crippen molar-refractivity contribution in [1.29, 1.82) is 0 Å². The summed E-state index contributed by atoms with van der Waals surface area (Å²) in [5.41, 5.74) is -5.57. The molecule has 7 rings (SSSR count). The molecule has 0 amide bonds. The number of benzene rings is 4. The average Bonchev–Trinajstić information content (AvgIpc) is 3.15. The monoisotopic (exact) mass is 784 g/mol. The van der Waals surface area contributed by atoms with E-state index >= 15 is 0 Å². The van der Waals surface area contributed by atoms with E-state index in [0.717, 1.165) is 12.1 Å². The molecule has 0 radical (unpaired) electrons. The predicted molar refractivity (Wildman–Crippen MR) is 178 cm³/mol. The molecule has 22 nitrogen and oxygen atoms in total. The van der Waals surface area contributed by atoms with Crippen molar-refractivity contribution < 1.29 is 98.6 Å². The Kier molecular flexibility index (Phi) is 8.69. The number of phenolic OH excluding ortho intramolecular Hbond substituents is 9. The number of ether oxygens (including phenoxy) is 4. The van der Waals surface area contributed by atoms with Gasteiger partial charge in [-0.3, -0.25) is 0 Å². The van der Waals surface area contributed by atoms with E-state index in [4.69, 9.17) is 27.8 Å². The van der Waals surface area contributed by atoms with Gasteiger partial charge in [0.25, 0.3) is 0 Å². The van der Waals surface area contributed by atoms with Crippen molar-refractivity contribution in [2.45, 2.75) is 30.7 Å². The van der Waals surface area contributed by atoms with Gasteiger partial charge in [0.15, 0.2) is 69.9 Å². The van der Waals surface area contributed by atoms with Gasteiger partial charge in [-0.1, -0.05) is 0 Å². The van der Waals surface area contributed by atoms with E-state index in [0.29, 0.717) is 18.2 Å². The first-order valence-corrected chi connectivity index (χ1v) is 15.6. The zero-order valence-electron chi connectivity index (χ0n) is 27.4. The highest BCUT2D eigenvalue weighted by atomic mass is 16.7. The summed E-state index contributed by atoms with van der Waals surface area (Å²) in [4.78, 5) is 52.7. The molecular formula is C34H24O22. The van der Waals surface area contributed by atoms with E-state index in [1.54, 1.807) is 0 Å². The lowest BCUT2D eigenvalue weighted by Crippen LogP contribution is -2.61. The van der Waals surface area contributed by atoms with Crippen LogP contribution in [0.1, 0.15) is 20.7 Å². The van der Waals surface area contributed by atoms with Crippen LogP contribution in [0.25, 0.3) is 32.7 Å². The lowest BCUT2D eigenvalue weighted by atomic mass is 9.98. The first-order chi connectivity index (χ1) is 26.4. The Morgan fingerprint density at radius 2 is 1.16 bits per heavy atom. The largest absolute Gasteiger partial charge is 0.504 e. The van der Waals surface area contributed by atoms with Crippen molar-refractivity contribution in [1.82, 2.24) is 0 Å². The third-order valence-electron chi connectivity index (χ3n) is 8.78. The van der Waals surface area contributed by atoms with Crippen molar-refractivity contribution in [3.8, 4) is 63.2 Å². The molecule has 1 aliphatic rings. The number of rotatable bonds is 7. The van der Waals surface area contributed by atoms with Crippen LogP contribution in [0, 0.1) is 0 Å². The van der Waals surface area contributed by atoms with E-state index in [2.05, 4.69) is 0 Å². The summed E-state index contributed by atoms with van der Waals surface area (Å²) < 4.78 is 31.4. The quantitative estimate of drug-likeness (QED) is 0.0452. The Balaban J connectivity index is 1.29. The van der Waals surface area contributed by atoms with Gasteiger partial charge in [0, 0.05) is 22.9 Å². The molecule has 0 spiro atoms. The summed E-state index contributed by atoms with van der Waals surface area (Å²) in [5.74, 6) is -14.9. The smallest absolute Gasteiger partial charge is 0.344 e. The van der Waals surface area contributed by atoms with Gasteiger partial charge in [0.05, 0.1) is 22.9 Å². The van der Waals surface area contributed by atoms with Gasteiger partial charge in [-0.2, -0.15) is 0 Å². The molecule has 1 aliphatic heterocycles. The highest BCUT2D eigenvalue weighted by Crippen LogP contribution is 2.50. The summed E-state index contributed by atoms with van der Waals surface area (Å²) >= 11 is 0. The van der Waals surface area contributed by atoms with Crippen LogP contribution in [0.2, 0.25) is 0 Å². The first kappa shape index (κ1) is 36.9. The maximum Gasteiger partial charge on any atom is 0.344 e. The summed E-state index contributed by atoms with van der Waals surface area (Å²) in [6.07, 6.45) is -10.4. The van der Waals surface area contributed by atoms with Gasteiger partial charge in [-0.25, -0.2) is 19.2 Å². The van der Waals surface area contributed by atoms with Gasteiger partial charge in [0.2, 0.25) is 23.0 Å². The molecule has 6 aromatic rings. The second-order valence-electron chi connectivity index (χ2n) is 12.2. The topological polar surface area (TPSA) is 374 Å². The standard InChI is InChI=1S/C34H24O22/c35-6-16-23(44)28(55-30(46)7-1-11(36)19(40)12(37)2-7)29(34(50)52-16)56-33(49)10-4-13(38)20(41)24(45)25(10)51-15-5-9-18-17-8(31(47)54-27(18)22(15)43)3-14(39)21(42)26(17)53-32(9)48/h1-5,16,23,28-29,34-45,50H,6H2. The fourth-order valence-corrected chi connectivity index (χ4v) is 6.06. The Morgan fingerprint density at radius 3 is 1.77 bits per heavy atom. The summed E-state index contributed by atoms with van der Waals surface area (Å²) in [6, 6.07) is 3.32. The number of aliphatic hydroxyl groups excluding tert-OH is 3. The second-order valence-corrected chi connectivity index (χ2v) is 12.2. The number of hydrogen-bond acceptors (Lipinski definition) is 22. The van der Waals surface area contributed by atoms with Crippen LogP contribution in [0.3, 0.4) is 0 Å². The molecule has 22 heteroatoms. The number of carbonyl (C=O) groups excluding carboxylic acids is 2. The zero-order chi connectivity index (χ0) is 40.7. The van der Waals surface area contributed by atoms with Crippen molar-refractivity contribution in [3.63, 3.8) is 0 Å². The number of aliphatic hydroxyl groups is 3. The van der Waals surface area contributed by atoms with Crippen molar-refractivity contribution >= 4 is 44.6 Å². The molecule has 3 heterocycles. The Morgan fingerprint density at radius 1 is 0.625 bits per heavy atom. The third kappa shape index (κ3) is 5.68. The van der Waals surface area contributed by atoms with Crippen LogP contribution in [-0.2, 0) is 14.2 Å². The summed E-state index contributed by atoms with van der Waals surface area (Å²) in [6.45, 7) is -0.989. The van der Waals surface area contributed by atoms with Crippen LogP contribution in [0.15, 0.2) is 48.8 Å². The Hall–Kier alpha value is -7.40. The molecule has 0 aliphatic carbocycles. The maximum absolute atomic E-state index is 13.7. The molecule has 56 heavy (non-hydrogen) atoms. The van der Waals surface area contributed by atoms with Gasteiger partial charge in [-0.05, 0) is 18.2 Å². The molecule has 0 saturated carbocycles. The molecule has 12 N–H and O–H groups in total. The molecule has 5 atom stereocenters. The van der Waals surface area contributed by atoms with Crippen LogP contribution in [-0.4, -0.2) is 111 Å². The maximum atomic E-state index is 13.7.